The third kappa shape index (κ3) is 3.67. The molecule has 1 saturated carbocycles. The predicted molar refractivity (Wildman–Crippen MR) is 72.0 cm³/mol. The number of nitrogens with one attached hydrogen (secondary N) is 1. The van der Waals surface area contributed by atoms with Gasteiger partial charge < -0.3 is 15.0 Å². The molecule has 1 fully saturated rings. The van der Waals surface area contributed by atoms with Crippen LogP contribution in [-0.4, -0.2) is 28.7 Å². The summed E-state index contributed by atoms with van der Waals surface area (Å²) in [7, 11) is 0. The van der Waals surface area contributed by atoms with Crippen LogP contribution in [0.2, 0.25) is 0 Å². The van der Waals surface area contributed by atoms with Crippen LogP contribution in [0.25, 0.3) is 0 Å². The van der Waals surface area contributed by atoms with Crippen LogP contribution in [0.3, 0.4) is 0 Å². The van der Waals surface area contributed by atoms with E-state index in [1.807, 2.05) is 6.07 Å². The van der Waals surface area contributed by atoms with Crippen molar-refractivity contribution in [1.29, 1.82) is 0 Å². The molecule has 2 N–H and O–H groups in total. The van der Waals surface area contributed by atoms with Crippen LogP contribution in [-0.2, 0) is 11.3 Å². The molecular formula is C14H20N2O3. The summed E-state index contributed by atoms with van der Waals surface area (Å²) in [5.41, 5.74) is -0.00595. The van der Waals surface area contributed by atoms with Crippen molar-refractivity contribution < 1.29 is 9.90 Å². The van der Waals surface area contributed by atoms with E-state index in [9.17, 15) is 9.59 Å². The van der Waals surface area contributed by atoms with Gasteiger partial charge in [-0.1, -0.05) is 12.5 Å². The van der Waals surface area contributed by atoms with Gasteiger partial charge in [0.1, 0.15) is 0 Å². The van der Waals surface area contributed by atoms with Crippen LogP contribution in [0.15, 0.2) is 29.2 Å². The van der Waals surface area contributed by atoms with Crippen LogP contribution in [0, 0.1) is 11.8 Å². The van der Waals surface area contributed by atoms with E-state index in [0.717, 1.165) is 25.8 Å². The number of carboxylic acids is 1. The highest BCUT2D eigenvalue weighted by molar-refractivity contribution is 5.70. The average Bonchev–Trinajstić information content (AvgIpc) is 2.85. The molecule has 2 atom stereocenters. The molecular weight excluding hydrogens is 244 g/mol. The molecule has 5 heteroatoms. The SMILES string of the molecule is O=C(O)C1CCCC1CNCCn1ccccc1=O. The van der Waals surface area contributed by atoms with Gasteiger partial charge in [-0.25, -0.2) is 0 Å². The fourth-order valence-corrected chi connectivity index (χ4v) is 2.74. The van der Waals surface area contributed by atoms with Crippen molar-refractivity contribution in [1.82, 2.24) is 9.88 Å². The maximum absolute atomic E-state index is 11.5. The molecule has 1 aliphatic rings. The highest BCUT2D eigenvalue weighted by Crippen LogP contribution is 2.31. The summed E-state index contributed by atoms with van der Waals surface area (Å²) in [5.74, 6) is -0.652. The van der Waals surface area contributed by atoms with Crippen molar-refractivity contribution in [3.05, 3.63) is 34.7 Å². The zero-order valence-corrected chi connectivity index (χ0v) is 10.9. The predicted octanol–water partition coefficient (Wildman–Crippen LogP) is 0.939. The maximum atomic E-state index is 11.5. The van der Waals surface area contributed by atoms with Crippen molar-refractivity contribution in [2.45, 2.75) is 25.8 Å². The second-order valence-electron chi connectivity index (χ2n) is 5.07. The number of pyridine rings is 1. The zero-order valence-electron chi connectivity index (χ0n) is 10.9. The van der Waals surface area contributed by atoms with Gasteiger partial charge in [0.25, 0.3) is 5.56 Å². The van der Waals surface area contributed by atoms with Crippen molar-refractivity contribution in [3.8, 4) is 0 Å². The Labute approximate surface area is 112 Å². The minimum Gasteiger partial charge on any atom is -0.481 e. The monoisotopic (exact) mass is 264 g/mol. The molecule has 0 bridgehead atoms. The van der Waals surface area contributed by atoms with E-state index in [2.05, 4.69) is 5.32 Å². The summed E-state index contributed by atoms with van der Waals surface area (Å²) < 4.78 is 1.65. The lowest BCUT2D eigenvalue weighted by molar-refractivity contribution is -0.142. The molecule has 0 aromatic carbocycles. The summed E-state index contributed by atoms with van der Waals surface area (Å²) in [5, 5.41) is 12.3. The number of aromatic nitrogens is 1. The molecule has 2 unspecified atom stereocenters. The summed E-state index contributed by atoms with van der Waals surface area (Å²) >= 11 is 0. The van der Waals surface area contributed by atoms with Gasteiger partial charge in [0.2, 0.25) is 0 Å². The molecule has 1 aromatic rings. The van der Waals surface area contributed by atoms with E-state index in [1.54, 1.807) is 16.8 Å². The van der Waals surface area contributed by atoms with Crippen LogP contribution in [0.4, 0.5) is 0 Å². The Morgan fingerprint density at radius 2 is 2.26 bits per heavy atom. The first-order valence-corrected chi connectivity index (χ1v) is 6.77. The number of nitrogens with zero attached hydrogens (tertiary/aromatic N) is 1. The number of rotatable bonds is 6. The van der Waals surface area contributed by atoms with E-state index in [1.165, 1.54) is 6.07 Å². The molecule has 1 heterocycles. The van der Waals surface area contributed by atoms with Crippen LogP contribution in [0.1, 0.15) is 19.3 Å². The first-order chi connectivity index (χ1) is 9.18. The lowest BCUT2D eigenvalue weighted by Crippen LogP contribution is -2.32. The second kappa shape index (κ2) is 6.52. The van der Waals surface area contributed by atoms with Gasteiger partial charge in [-0.15, -0.1) is 0 Å². The Morgan fingerprint density at radius 3 is 3.00 bits per heavy atom. The Kier molecular flexibility index (Phi) is 4.74. The van der Waals surface area contributed by atoms with E-state index < -0.39 is 5.97 Å². The summed E-state index contributed by atoms with van der Waals surface area (Å²) in [6.45, 7) is 2.02. The number of carbonyl (C=O) groups is 1. The topological polar surface area (TPSA) is 71.3 Å². The van der Waals surface area contributed by atoms with Gasteiger partial charge in [0, 0.05) is 25.4 Å². The third-order valence-corrected chi connectivity index (χ3v) is 3.81. The van der Waals surface area contributed by atoms with Gasteiger partial charge in [-0.2, -0.15) is 0 Å². The van der Waals surface area contributed by atoms with Crippen molar-refractivity contribution in [2.75, 3.05) is 13.1 Å². The largest absolute Gasteiger partial charge is 0.481 e. The van der Waals surface area contributed by atoms with Gasteiger partial charge in [0.05, 0.1) is 5.92 Å². The molecule has 2 rings (SSSR count). The number of hydrogen-bond acceptors (Lipinski definition) is 3. The van der Waals surface area contributed by atoms with Crippen LogP contribution < -0.4 is 10.9 Å². The van der Waals surface area contributed by atoms with Crippen molar-refractivity contribution in [2.24, 2.45) is 11.8 Å². The van der Waals surface area contributed by atoms with E-state index in [4.69, 9.17) is 5.11 Å². The molecule has 0 saturated heterocycles. The van der Waals surface area contributed by atoms with E-state index in [0.29, 0.717) is 13.1 Å². The summed E-state index contributed by atoms with van der Waals surface area (Å²) in [4.78, 5) is 22.5. The third-order valence-electron chi connectivity index (χ3n) is 3.81. The Balaban J connectivity index is 1.74. The molecule has 0 radical (unpaired) electrons. The number of hydrogen-bond donors (Lipinski definition) is 2. The van der Waals surface area contributed by atoms with E-state index in [-0.39, 0.29) is 17.4 Å². The fourth-order valence-electron chi connectivity index (χ4n) is 2.74. The highest BCUT2D eigenvalue weighted by Gasteiger charge is 2.32. The molecule has 1 aliphatic carbocycles. The molecule has 5 nitrogen and oxygen atoms in total. The minimum absolute atomic E-state index is 0.00595. The molecule has 0 amide bonds. The Morgan fingerprint density at radius 1 is 1.42 bits per heavy atom. The van der Waals surface area contributed by atoms with Gasteiger partial charge >= 0.3 is 5.97 Å². The van der Waals surface area contributed by atoms with Gasteiger partial charge in [-0.05, 0) is 31.4 Å². The smallest absolute Gasteiger partial charge is 0.306 e. The fraction of sp³-hybridized carbons (Fsp3) is 0.571. The molecule has 0 spiro atoms. The quantitative estimate of drug-likeness (QED) is 0.750. The van der Waals surface area contributed by atoms with Crippen molar-refractivity contribution >= 4 is 5.97 Å². The molecule has 0 aliphatic heterocycles. The molecule has 19 heavy (non-hydrogen) atoms. The Bertz CT molecular complexity index is 484. The first kappa shape index (κ1) is 13.8. The molecule has 104 valence electrons. The normalized spacial score (nSPS) is 22.5. The zero-order chi connectivity index (χ0) is 13.7. The van der Waals surface area contributed by atoms with Gasteiger partial charge in [-0.3, -0.25) is 9.59 Å². The van der Waals surface area contributed by atoms with Crippen LogP contribution >= 0.6 is 0 Å². The highest BCUT2D eigenvalue weighted by atomic mass is 16.4. The number of carboxylic acid groups (broad SMARTS) is 1. The van der Waals surface area contributed by atoms with Crippen molar-refractivity contribution in [3.63, 3.8) is 0 Å². The average molecular weight is 264 g/mol. The summed E-state index contributed by atoms with van der Waals surface area (Å²) in [6.07, 6.45) is 4.54. The lowest BCUT2D eigenvalue weighted by Gasteiger charge is -2.16. The lowest BCUT2D eigenvalue weighted by atomic mass is 9.96. The second-order valence-corrected chi connectivity index (χ2v) is 5.07. The van der Waals surface area contributed by atoms with Gasteiger partial charge in [0.15, 0.2) is 0 Å². The molecule has 1 aromatic heterocycles. The first-order valence-electron chi connectivity index (χ1n) is 6.77. The number of aliphatic carboxylic acids is 1. The maximum Gasteiger partial charge on any atom is 0.306 e. The Hall–Kier alpha value is -1.62. The standard InChI is InChI=1S/C14H20N2O3/c17-13-6-1-2-8-16(13)9-7-15-10-11-4-3-5-12(11)14(18)19/h1-2,6,8,11-12,15H,3-5,7,9-10H2,(H,18,19). The van der Waals surface area contributed by atoms with E-state index >= 15 is 0 Å². The summed E-state index contributed by atoms with van der Waals surface area (Å²) in [6, 6.07) is 5.10. The minimum atomic E-state index is -0.677. The van der Waals surface area contributed by atoms with Crippen LogP contribution in [0.5, 0.6) is 0 Å².